The van der Waals surface area contributed by atoms with E-state index in [4.69, 9.17) is 5.11 Å². The van der Waals surface area contributed by atoms with Crippen molar-refractivity contribution < 1.29 is 15.0 Å². The first-order valence-electron chi connectivity index (χ1n) is 8.37. The highest BCUT2D eigenvalue weighted by Crippen LogP contribution is 2.61. The average molecular weight is 306 g/mol. The Balaban J connectivity index is 2.26. The lowest BCUT2D eigenvalue weighted by atomic mass is 9.47. The molecule has 0 unspecified atom stereocenters. The third-order valence-corrected chi connectivity index (χ3v) is 6.45. The molecule has 2 aliphatic carbocycles. The van der Waals surface area contributed by atoms with Crippen LogP contribution in [0.4, 0.5) is 0 Å². The fourth-order valence-corrected chi connectivity index (χ4v) is 5.22. The zero-order valence-corrected chi connectivity index (χ0v) is 14.2. The summed E-state index contributed by atoms with van der Waals surface area (Å²) in [5, 5.41) is 19.3. The van der Waals surface area contributed by atoms with Gasteiger partial charge < -0.3 is 10.2 Å². The molecule has 0 spiro atoms. The molecule has 0 aromatic carbocycles. The van der Waals surface area contributed by atoms with Crippen molar-refractivity contribution in [1.29, 1.82) is 0 Å². The number of carboxylic acid groups (broad SMARTS) is 1. The van der Waals surface area contributed by atoms with Crippen LogP contribution >= 0.6 is 0 Å². The van der Waals surface area contributed by atoms with Gasteiger partial charge in [-0.15, -0.1) is 0 Å². The number of carbonyl (C=O) groups is 1. The largest absolute Gasteiger partial charge is 0.478 e. The number of rotatable bonds is 4. The van der Waals surface area contributed by atoms with Gasteiger partial charge in [-0.05, 0) is 54.8 Å². The summed E-state index contributed by atoms with van der Waals surface area (Å²) in [6.45, 7) is 14.8. The Hall–Kier alpha value is -1.09. The number of aliphatic carboxylic acids is 1. The maximum atomic E-state index is 11.0. The highest BCUT2D eigenvalue weighted by molar-refractivity contribution is 5.86. The maximum absolute atomic E-state index is 11.0. The number of fused-ring (bicyclic) bond motifs is 1. The zero-order chi connectivity index (χ0) is 16.7. The van der Waals surface area contributed by atoms with Crippen molar-refractivity contribution >= 4 is 5.97 Å². The molecule has 0 saturated heterocycles. The van der Waals surface area contributed by atoms with E-state index in [2.05, 4.69) is 33.9 Å². The Morgan fingerprint density at radius 1 is 1.36 bits per heavy atom. The van der Waals surface area contributed by atoms with Crippen LogP contribution in [0.5, 0.6) is 0 Å². The van der Waals surface area contributed by atoms with Gasteiger partial charge in [-0.25, -0.2) is 4.79 Å². The van der Waals surface area contributed by atoms with Crippen LogP contribution in [0.15, 0.2) is 24.3 Å². The van der Waals surface area contributed by atoms with Gasteiger partial charge in [0.05, 0.1) is 11.7 Å². The van der Waals surface area contributed by atoms with Crippen molar-refractivity contribution in [3.05, 3.63) is 24.3 Å². The highest BCUT2D eigenvalue weighted by atomic mass is 16.4. The van der Waals surface area contributed by atoms with Crippen LogP contribution in [0.2, 0.25) is 0 Å². The van der Waals surface area contributed by atoms with Crippen LogP contribution in [0, 0.1) is 22.7 Å². The van der Waals surface area contributed by atoms with Crippen molar-refractivity contribution in [2.75, 3.05) is 0 Å². The van der Waals surface area contributed by atoms with E-state index in [1.807, 2.05) is 0 Å². The normalized spacial score (nSPS) is 35.5. The van der Waals surface area contributed by atoms with Crippen LogP contribution in [-0.2, 0) is 4.79 Å². The molecule has 0 bridgehead atoms. The predicted octanol–water partition coefficient (Wildman–Crippen LogP) is 4.18. The highest BCUT2D eigenvalue weighted by Gasteiger charge is 2.53. The van der Waals surface area contributed by atoms with E-state index in [-0.39, 0.29) is 16.9 Å². The molecular weight excluding hydrogens is 276 g/mol. The second kappa shape index (κ2) is 5.84. The zero-order valence-electron chi connectivity index (χ0n) is 14.2. The molecule has 0 heterocycles. The van der Waals surface area contributed by atoms with Gasteiger partial charge in [0.25, 0.3) is 0 Å². The van der Waals surface area contributed by atoms with Crippen molar-refractivity contribution in [2.24, 2.45) is 22.7 Å². The molecule has 2 aliphatic rings. The van der Waals surface area contributed by atoms with Gasteiger partial charge >= 0.3 is 5.97 Å². The van der Waals surface area contributed by atoms with Crippen LogP contribution in [-0.4, -0.2) is 22.3 Å². The van der Waals surface area contributed by atoms with Crippen LogP contribution < -0.4 is 0 Å². The van der Waals surface area contributed by atoms with E-state index in [0.717, 1.165) is 19.3 Å². The van der Waals surface area contributed by atoms with Crippen LogP contribution in [0.3, 0.4) is 0 Å². The van der Waals surface area contributed by atoms with Gasteiger partial charge in [0, 0.05) is 0 Å². The van der Waals surface area contributed by atoms with E-state index < -0.39 is 12.1 Å². The Kier molecular flexibility index (Phi) is 4.59. The summed E-state index contributed by atoms with van der Waals surface area (Å²) in [5.41, 5.74) is 1.49. The number of allylic oxidation sites excluding steroid dienone is 1. The third kappa shape index (κ3) is 2.88. The summed E-state index contributed by atoms with van der Waals surface area (Å²) in [6.07, 6.45) is 5.18. The van der Waals surface area contributed by atoms with E-state index in [1.165, 1.54) is 18.4 Å². The third-order valence-electron chi connectivity index (χ3n) is 6.45. The average Bonchev–Trinajstić information content (AvgIpc) is 2.40. The van der Waals surface area contributed by atoms with E-state index >= 15 is 0 Å². The molecule has 2 saturated carbocycles. The molecule has 4 atom stereocenters. The summed E-state index contributed by atoms with van der Waals surface area (Å²) >= 11 is 0. The Morgan fingerprint density at radius 3 is 2.59 bits per heavy atom. The SMILES string of the molecule is C=C(C(=O)O)[C@@H](O)C[C@H]1C(=C)CC[C@H]2C(C)(C)CCC[C@]12C. The van der Waals surface area contributed by atoms with Crippen molar-refractivity contribution in [3.8, 4) is 0 Å². The van der Waals surface area contributed by atoms with Gasteiger partial charge in [0.1, 0.15) is 0 Å². The van der Waals surface area contributed by atoms with Crippen molar-refractivity contribution in [1.82, 2.24) is 0 Å². The molecule has 0 aromatic rings. The first-order valence-corrected chi connectivity index (χ1v) is 8.37. The molecular formula is C19H30O3. The number of aliphatic hydroxyl groups excluding tert-OH is 1. The summed E-state index contributed by atoms with van der Waals surface area (Å²) in [7, 11) is 0. The Bertz CT molecular complexity index is 491. The topological polar surface area (TPSA) is 57.5 Å². The number of hydrogen-bond acceptors (Lipinski definition) is 2. The predicted molar refractivity (Wildman–Crippen MR) is 88.5 cm³/mol. The Morgan fingerprint density at radius 2 is 2.00 bits per heavy atom. The second-order valence-corrected chi connectivity index (χ2v) is 8.23. The maximum Gasteiger partial charge on any atom is 0.333 e. The fourth-order valence-electron chi connectivity index (χ4n) is 5.22. The molecule has 2 rings (SSSR count). The lowest BCUT2D eigenvalue weighted by Gasteiger charge is -2.58. The van der Waals surface area contributed by atoms with Crippen molar-refractivity contribution in [2.45, 2.75) is 65.4 Å². The summed E-state index contributed by atoms with van der Waals surface area (Å²) in [6, 6.07) is 0. The minimum Gasteiger partial charge on any atom is -0.478 e. The standard InChI is InChI=1S/C19H30O3/c1-12-7-8-16-18(3,4)9-6-10-19(16,5)14(12)11-15(20)13(2)17(21)22/h14-16,20H,1-2,6-11H2,3-5H3,(H,21,22)/t14-,15-,16-,19+/m0/s1. The van der Waals surface area contributed by atoms with Crippen molar-refractivity contribution in [3.63, 3.8) is 0 Å². The molecule has 3 nitrogen and oxygen atoms in total. The lowest BCUT2D eigenvalue weighted by Crippen LogP contribution is -2.50. The molecule has 0 radical (unpaired) electrons. The molecule has 2 N–H and O–H groups in total. The van der Waals surface area contributed by atoms with E-state index in [1.54, 1.807) is 0 Å². The van der Waals surface area contributed by atoms with E-state index in [9.17, 15) is 9.90 Å². The molecule has 0 amide bonds. The fraction of sp³-hybridized carbons (Fsp3) is 0.737. The monoisotopic (exact) mass is 306 g/mol. The molecule has 22 heavy (non-hydrogen) atoms. The summed E-state index contributed by atoms with van der Waals surface area (Å²) in [4.78, 5) is 11.0. The van der Waals surface area contributed by atoms with Gasteiger partial charge in [-0.3, -0.25) is 0 Å². The number of hydrogen-bond donors (Lipinski definition) is 2. The number of carboxylic acids is 1. The lowest BCUT2D eigenvalue weighted by molar-refractivity contribution is -0.134. The summed E-state index contributed by atoms with van der Waals surface area (Å²) in [5.74, 6) is -0.328. The quantitative estimate of drug-likeness (QED) is 0.605. The van der Waals surface area contributed by atoms with Gasteiger partial charge in [0.2, 0.25) is 0 Å². The van der Waals surface area contributed by atoms with Crippen LogP contribution in [0.25, 0.3) is 0 Å². The van der Waals surface area contributed by atoms with Gasteiger partial charge in [-0.2, -0.15) is 0 Å². The smallest absolute Gasteiger partial charge is 0.333 e. The van der Waals surface area contributed by atoms with Gasteiger partial charge in [0.15, 0.2) is 0 Å². The molecule has 2 fully saturated rings. The second-order valence-electron chi connectivity index (χ2n) is 8.23. The molecule has 0 aliphatic heterocycles. The molecule has 3 heteroatoms. The minimum absolute atomic E-state index is 0.103. The van der Waals surface area contributed by atoms with Crippen LogP contribution in [0.1, 0.15) is 59.3 Å². The molecule has 124 valence electrons. The first kappa shape index (κ1) is 17.3. The molecule has 0 aromatic heterocycles. The summed E-state index contributed by atoms with van der Waals surface area (Å²) < 4.78 is 0. The minimum atomic E-state index is -1.11. The number of aliphatic hydroxyl groups is 1. The van der Waals surface area contributed by atoms with Gasteiger partial charge in [-0.1, -0.05) is 45.9 Å². The first-order chi connectivity index (χ1) is 10.1. The van der Waals surface area contributed by atoms with E-state index in [0.29, 0.717) is 17.8 Å². The Labute approximate surface area is 134 Å².